The van der Waals surface area contributed by atoms with Gasteiger partial charge in [0, 0.05) is 10.0 Å². The molecule has 0 saturated heterocycles. The van der Waals surface area contributed by atoms with Crippen molar-refractivity contribution in [3.05, 3.63) is 69.8 Å². The number of carbonyl (C=O) groups is 1. The molecule has 23 heavy (non-hydrogen) atoms. The highest BCUT2D eigenvalue weighted by Crippen LogP contribution is 2.26. The predicted molar refractivity (Wildman–Crippen MR) is 92.4 cm³/mol. The van der Waals surface area contributed by atoms with Crippen LogP contribution in [0.1, 0.15) is 18.1 Å². The van der Waals surface area contributed by atoms with Gasteiger partial charge in [0.25, 0.3) is 0 Å². The lowest BCUT2D eigenvalue weighted by Crippen LogP contribution is -2.05. The number of ether oxygens (including phenoxy) is 2. The number of cyclic esters (lactones) is 1. The number of benzene rings is 2. The summed E-state index contributed by atoms with van der Waals surface area (Å²) in [6.07, 6.45) is 1.68. The molecule has 4 nitrogen and oxygen atoms in total. The maximum absolute atomic E-state index is 12.1. The van der Waals surface area contributed by atoms with Gasteiger partial charge in [-0.05, 0) is 47.1 Å². The van der Waals surface area contributed by atoms with Gasteiger partial charge in [-0.2, -0.15) is 0 Å². The summed E-state index contributed by atoms with van der Waals surface area (Å²) in [4.78, 5) is 16.4. The third kappa shape index (κ3) is 3.35. The van der Waals surface area contributed by atoms with Gasteiger partial charge in [-0.1, -0.05) is 30.3 Å². The molecule has 0 aromatic heterocycles. The fraction of sp³-hybridized carbons (Fsp3) is 0.111. The molecular weight excluding hydrogens is 358 g/mol. The fourth-order valence-electron chi connectivity index (χ4n) is 2.19. The lowest BCUT2D eigenvalue weighted by molar-refractivity contribution is -0.129. The summed E-state index contributed by atoms with van der Waals surface area (Å²) in [6.45, 7) is 2.47. The van der Waals surface area contributed by atoms with Crippen LogP contribution in [0.15, 0.2) is 63.7 Å². The van der Waals surface area contributed by atoms with E-state index < -0.39 is 5.97 Å². The van der Waals surface area contributed by atoms with E-state index in [1.54, 1.807) is 6.08 Å². The summed E-state index contributed by atoms with van der Waals surface area (Å²) in [5.41, 5.74) is 1.78. The number of para-hydroxylation sites is 1. The van der Waals surface area contributed by atoms with Crippen LogP contribution in [0.2, 0.25) is 0 Å². The van der Waals surface area contributed by atoms with Crippen molar-refractivity contribution in [1.82, 2.24) is 0 Å². The third-order valence-electron chi connectivity index (χ3n) is 3.24. The number of rotatable bonds is 4. The molecule has 0 fully saturated rings. The van der Waals surface area contributed by atoms with Crippen molar-refractivity contribution in [2.45, 2.75) is 6.92 Å². The molecule has 2 aromatic rings. The minimum absolute atomic E-state index is 0.253. The second-order valence-corrected chi connectivity index (χ2v) is 5.64. The van der Waals surface area contributed by atoms with E-state index in [4.69, 9.17) is 9.47 Å². The molecule has 3 rings (SSSR count). The average Bonchev–Trinajstić information content (AvgIpc) is 2.91. The van der Waals surface area contributed by atoms with E-state index in [1.807, 2.05) is 55.5 Å². The average molecular weight is 372 g/mol. The van der Waals surface area contributed by atoms with E-state index in [9.17, 15) is 4.79 Å². The standard InChI is InChI=1S/C18H14BrNO3/c1-2-22-16-10-6-3-7-12(16)11-15-18(21)23-17(20-15)13-8-4-5-9-14(13)19/h3-11H,2H2,1H3. The van der Waals surface area contributed by atoms with Gasteiger partial charge in [-0.15, -0.1) is 0 Å². The monoisotopic (exact) mass is 371 g/mol. The van der Waals surface area contributed by atoms with Crippen molar-refractivity contribution >= 4 is 33.9 Å². The van der Waals surface area contributed by atoms with Crippen LogP contribution in [-0.4, -0.2) is 18.5 Å². The van der Waals surface area contributed by atoms with Crippen LogP contribution >= 0.6 is 15.9 Å². The maximum Gasteiger partial charge on any atom is 0.363 e. The number of hydrogen-bond acceptors (Lipinski definition) is 4. The Bertz CT molecular complexity index is 811. The number of hydrogen-bond donors (Lipinski definition) is 0. The highest BCUT2D eigenvalue weighted by atomic mass is 79.9. The molecule has 1 heterocycles. The van der Waals surface area contributed by atoms with Crippen LogP contribution in [0, 0.1) is 0 Å². The molecule has 0 N–H and O–H groups in total. The van der Waals surface area contributed by atoms with Gasteiger partial charge in [-0.25, -0.2) is 9.79 Å². The second-order valence-electron chi connectivity index (χ2n) is 4.79. The van der Waals surface area contributed by atoms with Gasteiger partial charge in [0.1, 0.15) is 5.75 Å². The first kappa shape index (κ1) is 15.5. The van der Waals surface area contributed by atoms with Gasteiger partial charge in [0.15, 0.2) is 5.70 Å². The molecule has 0 aliphatic carbocycles. The van der Waals surface area contributed by atoms with Crippen LogP contribution in [0.3, 0.4) is 0 Å². The van der Waals surface area contributed by atoms with Crippen molar-refractivity contribution in [1.29, 1.82) is 0 Å². The van der Waals surface area contributed by atoms with Gasteiger partial charge < -0.3 is 9.47 Å². The highest BCUT2D eigenvalue weighted by molar-refractivity contribution is 9.10. The quantitative estimate of drug-likeness (QED) is 0.597. The minimum Gasteiger partial charge on any atom is -0.493 e. The van der Waals surface area contributed by atoms with E-state index in [1.165, 1.54) is 0 Å². The van der Waals surface area contributed by atoms with Gasteiger partial charge in [0.05, 0.1) is 12.2 Å². The first-order valence-electron chi connectivity index (χ1n) is 7.18. The summed E-state index contributed by atoms with van der Waals surface area (Å²) < 4.78 is 11.7. The summed E-state index contributed by atoms with van der Waals surface area (Å²) in [6, 6.07) is 15.0. The molecule has 0 amide bonds. The number of esters is 1. The molecule has 1 aliphatic rings. The molecular formula is C18H14BrNO3. The molecule has 0 unspecified atom stereocenters. The van der Waals surface area contributed by atoms with Gasteiger partial charge in [0.2, 0.25) is 5.90 Å². The molecule has 0 saturated carbocycles. The molecule has 5 heteroatoms. The molecule has 0 atom stereocenters. The first-order chi connectivity index (χ1) is 11.2. The largest absolute Gasteiger partial charge is 0.493 e. The Morgan fingerprint density at radius 1 is 1.17 bits per heavy atom. The van der Waals surface area contributed by atoms with E-state index >= 15 is 0 Å². The predicted octanol–water partition coefficient (Wildman–Crippen LogP) is 4.19. The molecule has 0 spiro atoms. The van der Waals surface area contributed by atoms with Crippen LogP contribution in [0.5, 0.6) is 5.75 Å². The van der Waals surface area contributed by atoms with E-state index in [2.05, 4.69) is 20.9 Å². The maximum atomic E-state index is 12.1. The van der Waals surface area contributed by atoms with Crippen molar-refractivity contribution in [3.8, 4) is 5.75 Å². The number of nitrogens with zero attached hydrogens (tertiary/aromatic N) is 1. The van der Waals surface area contributed by atoms with Crippen LogP contribution in [0.25, 0.3) is 6.08 Å². The number of aliphatic imine (C=N–C) groups is 1. The van der Waals surface area contributed by atoms with Gasteiger partial charge >= 0.3 is 5.97 Å². The van der Waals surface area contributed by atoms with Crippen LogP contribution in [-0.2, 0) is 9.53 Å². The number of carbonyl (C=O) groups excluding carboxylic acids is 1. The van der Waals surface area contributed by atoms with E-state index in [0.29, 0.717) is 18.3 Å². The Balaban J connectivity index is 1.98. The van der Waals surface area contributed by atoms with Crippen molar-refractivity contribution in [2.75, 3.05) is 6.61 Å². The molecule has 116 valence electrons. The lowest BCUT2D eigenvalue weighted by Gasteiger charge is -2.06. The topological polar surface area (TPSA) is 47.9 Å². The van der Waals surface area contributed by atoms with Crippen molar-refractivity contribution in [2.24, 2.45) is 4.99 Å². The summed E-state index contributed by atoms with van der Waals surface area (Å²) >= 11 is 3.43. The third-order valence-corrected chi connectivity index (χ3v) is 3.93. The molecule has 2 aromatic carbocycles. The van der Waals surface area contributed by atoms with Crippen LogP contribution in [0.4, 0.5) is 0 Å². The Hall–Kier alpha value is -2.40. The second kappa shape index (κ2) is 6.79. The lowest BCUT2D eigenvalue weighted by atomic mass is 10.1. The zero-order valence-corrected chi connectivity index (χ0v) is 14.0. The SMILES string of the molecule is CCOc1ccccc1C=C1N=C(c2ccccc2Br)OC1=O. The summed E-state index contributed by atoms with van der Waals surface area (Å²) in [5.74, 6) is 0.532. The Kier molecular flexibility index (Phi) is 4.57. The minimum atomic E-state index is -0.470. The Labute approximate surface area is 142 Å². The fourth-order valence-corrected chi connectivity index (χ4v) is 2.65. The Morgan fingerprint density at radius 2 is 1.91 bits per heavy atom. The summed E-state index contributed by atoms with van der Waals surface area (Å²) in [5, 5.41) is 0. The zero-order chi connectivity index (χ0) is 16.2. The molecule has 1 aliphatic heterocycles. The van der Waals surface area contributed by atoms with Crippen LogP contribution < -0.4 is 4.74 Å². The van der Waals surface area contributed by atoms with Crippen molar-refractivity contribution < 1.29 is 14.3 Å². The first-order valence-corrected chi connectivity index (χ1v) is 7.97. The number of halogens is 1. The van der Waals surface area contributed by atoms with Gasteiger partial charge in [-0.3, -0.25) is 0 Å². The smallest absolute Gasteiger partial charge is 0.363 e. The van der Waals surface area contributed by atoms with E-state index in [-0.39, 0.29) is 5.70 Å². The Morgan fingerprint density at radius 3 is 2.70 bits per heavy atom. The van der Waals surface area contributed by atoms with Crippen molar-refractivity contribution in [3.63, 3.8) is 0 Å². The zero-order valence-electron chi connectivity index (χ0n) is 12.5. The summed E-state index contributed by atoms with van der Waals surface area (Å²) in [7, 11) is 0. The highest BCUT2D eigenvalue weighted by Gasteiger charge is 2.25. The normalized spacial score (nSPS) is 15.5. The van der Waals surface area contributed by atoms with E-state index in [0.717, 1.165) is 15.6 Å². The molecule has 0 bridgehead atoms. The molecule has 0 radical (unpaired) electrons.